The molecule has 4 heteroatoms. The lowest BCUT2D eigenvalue weighted by atomic mass is 9.79. The minimum atomic E-state index is -0.174. The van der Waals surface area contributed by atoms with Crippen molar-refractivity contribution in [1.82, 2.24) is 5.43 Å². The van der Waals surface area contributed by atoms with Crippen LogP contribution in [0.4, 0.5) is 0 Å². The number of nitrogens with two attached hydrogens (primary N) is 1. The average Bonchev–Trinajstić information content (AvgIpc) is 2.43. The van der Waals surface area contributed by atoms with E-state index < -0.39 is 0 Å². The maximum absolute atomic E-state index is 6.12. The van der Waals surface area contributed by atoms with Crippen molar-refractivity contribution in [2.75, 3.05) is 7.11 Å². The first kappa shape index (κ1) is 14.9. The van der Waals surface area contributed by atoms with Crippen LogP contribution in [0.15, 0.2) is 0 Å². The Morgan fingerprint density at radius 1 is 1.41 bits per heavy atom. The van der Waals surface area contributed by atoms with E-state index in [0.29, 0.717) is 5.92 Å². The molecule has 1 rings (SSSR count). The van der Waals surface area contributed by atoms with Gasteiger partial charge in [0.15, 0.2) is 0 Å². The minimum absolute atomic E-state index is 0.0880. The van der Waals surface area contributed by atoms with Gasteiger partial charge in [0.1, 0.15) is 0 Å². The molecule has 1 aliphatic heterocycles. The largest absolute Gasteiger partial charge is 0.380 e. The topological polar surface area (TPSA) is 56.5 Å². The standard InChI is InChI=1S/C13H28N2O2/c1-7-10(16-6)11(15-14)9-8-12(2,3)17-13(9,4)5/h9-11,15H,7-8,14H2,1-6H3. The van der Waals surface area contributed by atoms with Crippen LogP contribution < -0.4 is 11.3 Å². The molecule has 1 heterocycles. The zero-order valence-electron chi connectivity index (χ0n) is 12.0. The van der Waals surface area contributed by atoms with Crippen molar-refractivity contribution in [2.24, 2.45) is 11.8 Å². The summed E-state index contributed by atoms with van der Waals surface area (Å²) in [4.78, 5) is 0. The average molecular weight is 244 g/mol. The predicted molar refractivity (Wildman–Crippen MR) is 69.5 cm³/mol. The van der Waals surface area contributed by atoms with Crippen molar-refractivity contribution in [2.45, 2.75) is 70.8 Å². The third-order valence-electron chi connectivity index (χ3n) is 3.88. The van der Waals surface area contributed by atoms with Crippen molar-refractivity contribution in [1.29, 1.82) is 0 Å². The van der Waals surface area contributed by atoms with Crippen molar-refractivity contribution in [3.63, 3.8) is 0 Å². The third kappa shape index (κ3) is 3.19. The highest BCUT2D eigenvalue weighted by Gasteiger charge is 2.50. The highest BCUT2D eigenvalue weighted by atomic mass is 16.5. The predicted octanol–water partition coefficient (Wildman–Crippen LogP) is 1.84. The van der Waals surface area contributed by atoms with Gasteiger partial charge in [0.25, 0.3) is 0 Å². The van der Waals surface area contributed by atoms with Crippen molar-refractivity contribution in [3.05, 3.63) is 0 Å². The van der Waals surface area contributed by atoms with Gasteiger partial charge in [0, 0.05) is 13.0 Å². The van der Waals surface area contributed by atoms with Gasteiger partial charge in [0.2, 0.25) is 0 Å². The number of methoxy groups -OCH3 is 1. The molecule has 0 aliphatic carbocycles. The first-order chi connectivity index (χ1) is 7.77. The molecule has 0 aromatic heterocycles. The first-order valence-electron chi connectivity index (χ1n) is 6.46. The molecule has 3 N–H and O–H groups in total. The minimum Gasteiger partial charge on any atom is -0.380 e. The molecule has 102 valence electrons. The molecule has 1 aliphatic rings. The maximum atomic E-state index is 6.12. The van der Waals surface area contributed by atoms with Gasteiger partial charge in [-0.15, -0.1) is 0 Å². The van der Waals surface area contributed by atoms with Crippen LogP contribution in [0, 0.1) is 5.92 Å². The molecule has 1 fully saturated rings. The molecular formula is C13H28N2O2. The number of nitrogens with one attached hydrogen (secondary N) is 1. The summed E-state index contributed by atoms with van der Waals surface area (Å²) >= 11 is 0. The highest BCUT2D eigenvalue weighted by Crippen LogP contribution is 2.44. The fourth-order valence-corrected chi connectivity index (χ4v) is 3.21. The Labute approximate surface area is 105 Å². The summed E-state index contributed by atoms with van der Waals surface area (Å²) < 4.78 is 11.6. The summed E-state index contributed by atoms with van der Waals surface area (Å²) in [7, 11) is 1.74. The smallest absolute Gasteiger partial charge is 0.0738 e. The Bertz CT molecular complexity index is 250. The second-order valence-electron chi connectivity index (χ2n) is 6.15. The van der Waals surface area contributed by atoms with E-state index in [-0.39, 0.29) is 23.3 Å². The number of rotatable bonds is 5. The zero-order valence-corrected chi connectivity index (χ0v) is 12.0. The second-order valence-corrected chi connectivity index (χ2v) is 6.15. The lowest BCUT2D eigenvalue weighted by Crippen LogP contribution is -2.53. The second kappa shape index (κ2) is 5.22. The van der Waals surface area contributed by atoms with Gasteiger partial charge in [0.05, 0.1) is 23.3 Å². The third-order valence-corrected chi connectivity index (χ3v) is 3.88. The Morgan fingerprint density at radius 3 is 2.29 bits per heavy atom. The summed E-state index contributed by atoms with van der Waals surface area (Å²) in [5.74, 6) is 6.08. The van der Waals surface area contributed by atoms with Gasteiger partial charge >= 0.3 is 0 Å². The van der Waals surface area contributed by atoms with Crippen LogP contribution in [-0.2, 0) is 9.47 Å². The van der Waals surface area contributed by atoms with Crippen molar-refractivity contribution >= 4 is 0 Å². The quantitative estimate of drug-likeness (QED) is 0.572. The van der Waals surface area contributed by atoms with E-state index in [1.54, 1.807) is 7.11 Å². The van der Waals surface area contributed by atoms with Crippen molar-refractivity contribution < 1.29 is 9.47 Å². The van der Waals surface area contributed by atoms with Crippen LogP contribution in [0.3, 0.4) is 0 Å². The Balaban J connectivity index is 2.89. The van der Waals surface area contributed by atoms with E-state index in [2.05, 4.69) is 40.0 Å². The van der Waals surface area contributed by atoms with E-state index >= 15 is 0 Å². The molecular weight excluding hydrogens is 216 g/mol. The van der Waals surface area contributed by atoms with Crippen LogP contribution in [0.5, 0.6) is 0 Å². The van der Waals surface area contributed by atoms with E-state index in [1.165, 1.54) is 0 Å². The molecule has 0 amide bonds. The number of hydrogen-bond acceptors (Lipinski definition) is 4. The van der Waals surface area contributed by atoms with Gasteiger partial charge in [-0.25, -0.2) is 0 Å². The van der Waals surface area contributed by atoms with Crippen LogP contribution in [-0.4, -0.2) is 30.5 Å². The number of ether oxygens (including phenoxy) is 2. The molecule has 1 saturated heterocycles. The van der Waals surface area contributed by atoms with Gasteiger partial charge in [-0.2, -0.15) is 0 Å². The molecule has 3 atom stereocenters. The number of hydrogen-bond donors (Lipinski definition) is 2. The van der Waals surface area contributed by atoms with E-state index in [9.17, 15) is 0 Å². The molecule has 0 aromatic rings. The normalized spacial score (nSPS) is 30.2. The van der Waals surface area contributed by atoms with E-state index in [4.69, 9.17) is 15.3 Å². The SMILES string of the molecule is CCC(OC)C(NN)C1CC(C)(C)OC1(C)C. The van der Waals surface area contributed by atoms with E-state index in [0.717, 1.165) is 12.8 Å². The fraction of sp³-hybridized carbons (Fsp3) is 1.00. The Kier molecular flexibility index (Phi) is 4.58. The van der Waals surface area contributed by atoms with Crippen LogP contribution in [0.25, 0.3) is 0 Å². The molecule has 3 unspecified atom stereocenters. The molecule has 17 heavy (non-hydrogen) atoms. The lowest BCUT2D eigenvalue weighted by Gasteiger charge is -2.36. The molecule has 4 nitrogen and oxygen atoms in total. The fourth-order valence-electron chi connectivity index (χ4n) is 3.21. The molecule has 0 aromatic carbocycles. The summed E-state index contributed by atoms with van der Waals surface area (Å²) in [6.45, 7) is 10.7. The lowest BCUT2D eigenvalue weighted by molar-refractivity contribution is -0.0844. The summed E-state index contributed by atoms with van der Waals surface area (Å²) in [5, 5.41) is 0. The van der Waals surface area contributed by atoms with Gasteiger partial charge in [-0.05, 0) is 40.5 Å². The van der Waals surface area contributed by atoms with Crippen LogP contribution >= 0.6 is 0 Å². The summed E-state index contributed by atoms with van der Waals surface area (Å²) in [6.07, 6.45) is 2.06. The van der Waals surface area contributed by atoms with Crippen LogP contribution in [0.2, 0.25) is 0 Å². The zero-order chi connectivity index (χ0) is 13.3. The Morgan fingerprint density at radius 2 is 2.00 bits per heavy atom. The van der Waals surface area contributed by atoms with Gasteiger partial charge in [-0.3, -0.25) is 11.3 Å². The maximum Gasteiger partial charge on any atom is 0.0738 e. The van der Waals surface area contributed by atoms with E-state index in [1.807, 2.05) is 0 Å². The Hall–Kier alpha value is -0.160. The van der Waals surface area contributed by atoms with Crippen molar-refractivity contribution in [3.8, 4) is 0 Å². The van der Waals surface area contributed by atoms with Gasteiger partial charge in [-0.1, -0.05) is 6.92 Å². The monoisotopic (exact) mass is 244 g/mol. The molecule has 0 radical (unpaired) electrons. The summed E-state index contributed by atoms with van der Waals surface area (Å²) in [6, 6.07) is 0.127. The van der Waals surface area contributed by atoms with Crippen LogP contribution in [0.1, 0.15) is 47.5 Å². The molecule has 0 bridgehead atoms. The molecule has 0 saturated carbocycles. The molecule has 0 spiro atoms. The summed E-state index contributed by atoms with van der Waals surface area (Å²) in [5.41, 5.74) is 2.67. The first-order valence-corrected chi connectivity index (χ1v) is 6.46. The highest BCUT2D eigenvalue weighted by molar-refractivity contribution is 5.01. The number of hydrazine groups is 1. The van der Waals surface area contributed by atoms with Gasteiger partial charge < -0.3 is 9.47 Å².